The Hall–Kier alpha value is -13.1. The van der Waals surface area contributed by atoms with Gasteiger partial charge in [-0.3, -0.25) is 36.7 Å². The second-order valence-corrected chi connectivity index (χ2v) is 34.7. The van der Waals surface area contributed by atoms with Crippen molar-refractivity contribution in [3.63, 3.8) is 0 Å². The van der Waals surface area contributed by atoms with Crippen molar-refractivity contribution in [3.05, 3.63) is 204 Å². The van der Waals surface area contributed by atoms with Crippen LogP contribution in [-0.4, -0.2) is 112 Å². The summed E-state index contributed by atoms with van der Waals surface area (Å²) < 4.78 is 140. The van der Waals surface area contributed by atoms with E-state index in [-0.39, 0.29) is 122 Å². The number of hydrogen-bond acceptors (Lipinski definition) is 37. The van der Waals surface area contributed by atoms with Crippen LogP contribution < -0.4 is 136 Å². The van der Waals surface area contributed by atoms with E-state index in [0.717, 1.165) is 18.2 Å². The van der Waals surface area contributed by atoms with Gasteiger partial charge in [0, 0.05) is 108 Å². The normalized spacial score (nSPS) is 11.7. The smallest absolute Gasteiger partial charge is 0.387 e. The first-order chi connectivity index (χ1) is 55.2. The van der Waals surface area contributed by atoms with Gasteiger partial charge in [0.1, 0.15) is 10.6 Å². The van der Waals surface area contributed by atoms with Crippen LogP contribution in [0.1, 0.15) is 31.8 Å². The minimum Gasteiger partial charge on any atom is -0.481 e. The van der Waals surface area contributed by atoms with E-state index in [1.807, 2.05) is 0 Å². The Labute approximate surface area is 687 Å². The van der Waals surface area contributed by atoms with Crippen LogP contribution in [0.4, 0.5) is 114 Å². The molecular weight excluding hydrogens is 1740 g/mol. The Morgan fingerprint density at radius 3 is 0.934 bits per heavy atom. The second-order valence-electron chi connectivity index (χ2n) is 23.9. The lowest BCUT2D eigenvalue weighted by molar-refractivity contribution is -0.143. The molecule has 2 atom stereocenters. The molecule has 0 fully saturated rings. The molecule has 10 rings (SSSR count). The lowest BCUT2D eigenvalue weighted by Crippen LogP contribution is -2.12. The van der Waals surface area contributed by atoms with E-state index in [2.05, 4.69) is 9.35 Å². The molecule has 2 unspecified atom stereocenters. The van der Waals surface area contributed by atoms with Crippen LogP contribution in [-0.2, 0) is 74.9 Å². The average Bonchev–Trinajstić information content (AvgIpc) is 0.820. The summed E-state index contributed by atoms with van der Waals surface area (Å²) in [6, 6.07) is 41.0. The molecule has 660 valence electrons. The van der Waals surface area contributed by atoms with Gasteiger partial charge in [0.05, 0.1) is 49.3 Å². The molecule has 0 amide bonds. The highest BCUT2D eigenvalue weighted by Gasteiger charge is 2.27. The van der Waals surface area contributed by atoms with Crippen molar-refractivity contribution in [3.8, 4) is 0 Å². The number of benzene rings is 10. The molecule has 56 heteroatoms. The standard InChI is InChI=1S/C8H10N2O2.C7H10N2O3S.2C7H8N2O2.2C6H9N2O4P.2C6H9N2O3P.2C6H8N2O3S/c9-6-1-5(3-8(11)12)2-7(10)4-6;8-6-1-5(2-7(9)3-6)4-13(10,11)12;8-5-1-4(7(10)11)2-6(9)3-5;8-4-1-2-6(9)5(3-4)7(10)11;7-4-1-5(8)3-6(2-4)13(10,11)12-9;7-4-1-2-5(8)6(3-4)13(10,11)12-9;7-4-1-5(8)3-6(2-4)12(9,10)11;7-4-1-2-5(8)6(3-4)12(9,10)11;7-4-1-5(8)3-6(2-4)12(9,10)11;7-4-1-2-5(8)6(3-4)12(9,10)11/h1-2,4H,3,9-10H2,(H,11,12);1-3H,4,8-9H2,(H,10,11,12);2*1-3H,8-9H2,(H,10,11);2*1-3,9H,7-8H2,(H,10,11);2*1-3H,7-8H2,(H2,9,10,11);2*1-3H,7-8H2,(H,9,10,11). The Bertz CT molecular complexity index is 5780. The first kappa shape index (κ1) is 106. The van der Waals surface area contributed by atoms with Crippen molar-refractivity contribution in [2.45, 2.75) is 22.0 Å². The van der Waals surface area contributed by atoms with Gasteiger partial charge in [0.2, 0.25) is 0 Å². The van der Waals surface area contributed by atoms with Crippen LogP contribution in [0.5, 0.6) is 0 Å². The van der Waals surface area contributed by atoms with Crippen LogP contribution in [0.25, 0.3) is 0 Å². The number of nitrogen functional groups attached to an aromatic ring is 20. The molecular formula is C65H88N20O29P4S3. The molecule has 0 spiro atoms. The number of nitrogens with two attached hydrogens (primary N) is 20. The molecule has 0 aliphatic carbocycles. The van der Waals surface area contributed by atoms with Gasteiger partial charge in [0.25, 0.3) is 30.4 Å². The molecule has 121 heavy (non-hydrogen) atoms. The number of anilines is 20. The Morgan fingerprint density at radius 2 is 0.628 bits per heavy atom. The number of hydrogen-bond donors (Lipinski definition) is 34. The number of aliphatic carboxylic acids is 1. The molecule has 0 saturated heterocycles. The lowest BCUT2D eigenvalue weighted by Gasteiger charge is -2.09. The summed E-state index contributed by atoms with van der Waals surface area (Å²) in [6.45, 7) is 0. The fourth-order valence-electron chi connectivity index (χ4n) is 8.55. The summed E-state index contributed by atoms with van der Waals surface area (Å²) in [5.41, 5.74) is 114. The van der Waals surface area contributed by atoms with Gasteiger partial charge in [0.15, 0.2) is 0 Å². The van der Waals surface area contributed by atoms with Crippen LogP contribution in [0.2, 0.25) is 0 Å². The van der Waals surface area contributed by atoms with Crippen LogP contribution in [0.3, 0.4) is 0 Å². The zero-order valence-corrected chi connectivity index (χ0v) is 68.2. The van der Waals surface area contributed by atoms with Crippen molar-refractivity contribution in [2.24, 2.45) is 0 Å². The summed E-state index contributed by atoms with van der Waals surface area (Å²) in [6.07, 6.45) is -0.0464. The number of rotatable bonds is 14. The summed E-state index contributed by atoms with van der Waals surface area (Å²) in [4.78, 5) is 83.6. The van der Waals surface area contributed by atoms with E-state index in [0.29, 0.717) is 50.9 Å². The minimum atomic E-state index is -4.29. The molecule has 10 aromatic carbocycles. The highest BCUT2D eigenvalue weighted by atomic mass is 32.2. The third-order valence-electron chi connectivity index (χ3n) is 13.4. The van der Waals surface area contributed by atoms with Crippen molar-refractivity contribution >= 4 is 214 Å². The van der Waals surface area contributed by atoms with Gasteiger partial charge in [-0.25, -0.2) is 20.1 Å². The molecule has 49 nitrogen and oxygen atoms in total. The van der Waals surface area contributed by atoms with Crippen LogP contribution in [0, 0.1) is 0 Å². The molecule has 0 heterocycles. The predicted octanol–water partition coefficient (Wildman–Crippen LogP) is 1.62. The van der Waals surface area contributed by atoms with E-state index >= 15 is 0 Å². The highest BCUT2D eigenvalue weighted by molar-refractivity contribution is 7.86. The summed E-state index contributed by atoms with van der Waals surface area (Å²) >= 11 is 0. The summed E-state index contributed by atoms with van der Waals surface area (Å²) in [5, 5.41) is 41.1. The summed E-state index contributed by atoms with van der Waals surface area (Å²) in [5.74, 6) is -3.44. The Balaban J connectivity index is 0.000000672. The van der Waals surface area contributed by atoms with Gasteiger partial charge in [-0.2, -0.15) is 25.3 Å². The first-order valence-corrected chi connectivity index (χ1v) is 42.6. The largest absolute Gasteiger partial charge is 0.481 e. The number of carboxylic acid groups (broad SMARTS) is 3. The van der Waals surface area contributed by atoms with Crippen LogP contribution >= 0.6 is 30.4 Å². The zero-order valence-electron chi connectivity index (χ0n) is 62.2. The van der Waals surface area contributed by atoms with Crippen molar-refractivity contribution in [2.75, 3.05) is 115 Å². The monoisotopic (exact) mass is 1830 g/mol. The average molecular weight is 1830 g/mol. The Morgan fingerprint density at radius 1 is 0.314 bits per heavy atom. The molecule has 0 aliphatic rings. The third-order valence-corrected chi connectivity index (χ3v) is 20.1. The molecule has 10 aromatic rings. The van der Waals surface area contributed by atoms with E-state index < -0.39 is 84.4 Å². The van der Waals surface area contributed by atoms with Crippen molar-refractivity contribution in [1.82, 2.24) is 0 Å². The third kappa shape index (κ3) is 40.7. The molecule has 0 aromatic heterocycles. The topological polar surface area (TPSA) is 1040 Å². The molecule has 0 saturated carbocycles. The van der Waals surface area contributed by atoms with Gasteiger partial charge >= 0.3 is 48.3 Å². The van der Waals surface area contributed by atoms with Crippen molar-refractivity contribution in [1.29, 1.82) is 0 Å². The maximum Gasteiger partial charge on any atom is 0.387 e. The van der Waals surface area contributed by atoms with E-state index in [1.165, 1.54) is 140 Å². The quantitative estimate of drug-likeness (QED) is 0.0242. The van der Waals surface area contributed by atoms with Crippen molar-refractivity contribution < 1.29 is 136 Å². The lowest BCUT2D eigenvalue weighted by atomic mass is 10.1. The van der Waals surface area contributed by atoms with Crippen LogP contribution in [0.15, 0.2) is 192 Å². The SMILES string of the molecule is Nc1cc(N)cc(C(=O)O)c1.Nc1cc(N)cc(CC(=O)O)c1.Nc1cc(N)cc(CS(=O)(=O)O)c1.Nc1cc(N)cc(P(=O)(O)O)c1.Nc1cc(N)cc(P(=O)(O)OO)c1.Nc1cc(N)cc(S(=O)(=O)O)c1.Nc1ccc(N)c(C(=O)O)c1.Nc1ccc(N)c(P(=O)(O)O)c1.Nc1ccc(N)c(P(=O)(O)OO)c1.Nc1ccc(N)c(S(=O)(=O)O)c1. The van der Waals surface area contributed by atoms with E-state index in [4.69, 9.17) is 184 Å². The number of carboxylic acids is 3. The van der Waals surface area contributed by atoms with Gasteiger partial charge in [-0.1, -0.05) is 0 Å². The molecule has 0 radical (unpaired) electrons. The highest BCUT2D eigenvalue weighted by Crippen LogP contribution is 2.42. The molecule has 0 aliphatic heterocycles. The fraction of sp³-hybridized carbons (Fsp3) is 0.0308. The minimum absolute atomic E-state index is 0.0216. The fourth-order valence-corrected chi connectivity index (χ4v) is 13.2. The second kappa shape index (κ2) is 45.7. The zero-order chi connectivity index (χ0) is 93.6. The predicted molar refractivity (Wildman–Crippen MR) is 463 cm³/mol. The maximum absolute atomic E-state index is 11.1. The van der Waals surface area contributed by atoms with Gasteiger partial charge in [-0.15, -0.1) is 9.35 Å². The van der Waals surface area contributed by atoms with E-state index in [1.54, 1.807) is 24.3 Å². The van der Waals surface area contributed by atoms with Gasteiger partial charge in [-0.05, 0) is 193 Å². The van der Waals surface area contributed by atoms with Gasteiger partial charge < -0.3 is 159 Å². The molecule has 0 bridgehead atoms. The van der Waals surface area contributed by atoms with E-state index in [9.17, 15) is 57.9 Å². The number of aromatic carboxylic acids is 2. The Kier molecular flexibility index (Phi) is 40.0. The number of carbonyl (C=O) groups is 3. The first-order valence-electron chi connectivity index (χ1n) is 31.8. The molecule has 54 N–H and O–H groups in total. The summed E-state index contributed by atoms with van der Waals surface area (Å²) in [7, 11) is -29.4. The maximum atomic E-state index is 11.1.